The van der Waals surface area contributed by atoms with E-state index >= 15 is 0 Å². The van der Waals surface area contributed by atoms with E-state index in [2.05, 4.69) is 25.2 Å². The fraction of sp³-hybridized carbons (Fsp3) is 0.615. The molecule has 1 fully saturated rings. The van der Waals surface area contributed by atoms with E-state index in [0.717, 1.165) is 5.56 Å². The second kappa shape index (κ2) is 16.3. The summed E-state index contributed by atoms with van der Waals surface area (Å²) in [5.41, 5.74) is 0.867. The first-order chi connectivity index (χ1) is 17.7. The molecule has 1 aliphatic rings. The molecule has 10 nitrogen and oxygen atoms in total. The molecular weight excluding hydrogens is 495 g/mol. The van der Waals surface area contributed by atoms with Crippen LogP contribution in [0.1, 0.15) is 32.3 Å². The number of ether oxygens (including phenoxy) is 2. The summed E-state index contributed by atoms with van der Waals surface area (Å²) in [6.45, 7) is 6.54. The lowest BCUT2D eigenvalue weighted by Crippen LogP contribution is -2.57. The molecule has 0 radical (unpaired) electrons. The van der Waals surface area contributed by atoms with Gasteiger partial charge in [0.2, 0.25) is 17.7 Å². The minimum atomic E-state index is -0.900. The fourth-order valence-electron chi connectivity index (χ4n) is 4.07. The number of rotatable bonds is 14. The molecule has 3 N–H and O–H groups in total. The van der Waals surface area contributed by atoms with Crippen LogP contribution in [-0.2, 0) is 35.1 Å². The van der Waals surface area contributed by atoms with Gasteiger partial charge in [0, 0.05) is 19.5 Å². The SMILES string of the molecule is COC(=O)[C@H](Cc1ccccc1)NC(=O)[C@H](CC(C)C)NC(=O)[C@H](CCP)NC(=O)CN1CCOCC1. The third-order valence-electron chi connectivity index (χ3n) is 6.00. The van der Waals surface area contributed by atoms with Gasteiger partial charge in [0.25, 0.3) is 0 Å². The maximum atomic E-state index is 13.3. The topological polar surface area (TPSA) is 126 Å². The van der Waals surface area contributed by atoms with Crippen LogP contribution in [0.5, 0.6) is 0 Å². The van der Waals surface area contributed by atoms with Gasteiger partial charge in [0.15, 0.2) is 0 Å². The highest BCUT2D eigenvalue weighted by Crippen LogP contribution is 2.10. The molecule has 11 heteroatoms. The highest BCUT2D eigenvalue weighted by molar-refractivity contribution is 7.16. The predicted molar refractivity (Wildman–Crippen MR) is 144 cm³/mol. The minimum Gasteiger partial charge on any atom is -0.467 e. The molecule has 1 heterocycles. The zero-order chi connectivity index (χ0) is 27.2. The van der Waals surface area contributed by atoms with Crippen molar-refractivity contribution in [1.82, 2.24) is 20.9 Å². The van der Waals surface area contributed by atoms with Gasteiger partial charge in [-0.15, -0.1) is 9.24 Å². The molecule has 1 unspecified atom stereocenters. The molecule has 1 aliphatic heterocycles. The summed E-state index contributed by atoms with van der Waals surface area (Å²) in [7, 11) is 3.83. The first kappa shape index (κ1) is 30.7. The molecule has 206 valence electrons. The van der Waals surface area contributed by atoms with E-state index < -0.39 is 35.9 Å². The number of carbonyl (C=O) groups is 4. The summed E-state index contributed by atoms with van der Waals surface area (Å²) in [4.78, 5) is 53.4. The lowest BCUT2D eigenvalue weighted by Gasteiger charge is -2.28. The quantitative estimate of drug-likeness (QED) is 0.234. The van der Waals surface area contributed by atoms with Crippen molar-refractivity contribution < 1.29 is 28.7 Å². The van der Waals surface area contributed by atoms with Crippen LogP contribution in [0.25, 0.3) is 0 Å². The van der Waals surface area contributed by atoms with Gasteiger partial charge in [0.1, 0.15) is 18.1 Å². The van der Waals surface area contributed by atoms with Crippen LogP contribution >= 0.6 is 9.24 Å². The number of hydrogen-bond acceptors (Lipinski definition) is 7. The summed E-state index contributed by atoms with van der Waals surface area (Å²) in [6.07, 6.45) is 1.62. The van der Waals surface area contributed by atoms with Gasteiger partial charge in [-0.25, -0.2) is 4.79 Å². The largest absolute Gasteiger partial charge is 0.467 e. The van der Waals surface area contributed by atoms with Crippen LogP contribution < -0.4 is 16.0 Å². The number of nitrogens with one attached hydrogen (secondary N) is 3. The summed E-state index contributed by atoms with van der Waals surface area (Å²) >= 11 is 0. The zero-order valence-electron chi connectivity index (χ0n) is 22.0. The average Bonchev–Trinajstić information content (AvgIpc) is 2.88. The van der Waals surface area contributed by atoms with Crippen LogP contribution in [0, 0.1) is 5.92 Å². The first-order valence-electron chi connectivity index (χ1n) is 12.8. The second-order valence-electron chi connectivity index (χ2n) is 9.55. The van der Waals surface area contributed by atoms with Gasteiger partial charge in [-0.3, -0.25) is 19.3 Å². The smallest absolute Gasteiger partial charge is 0.328 e. The Morgan fingerprint density at radius 2 is 1.59 bits per heavy atom. The van der Waals surface area contributed by atoms with E-state index in [9.17, 15) is 19.2 Å². The third kappa shape index (κ3) is 11.2. The Morgan fingerprint density at radius 3 is 2.19 bits per heavy atom. The van der Waals surface area contributed by atoms with Crippen molar-refractivity contribution in [2.75, 3.05) is 46.1 Å². The molecule has 0 bridgehead atoms. The van der Waals surface area contributed by atoms with Crippen LogP contribution in [0.15, 0.2) is 30.3 Å². The summed E-state index contributed by atoms with van der Waals surface area (Å²) in [6, 6.07) is 6.74. The molecule has 0 aliphatic carbocycles. The van der Waals surface area contributed by atoms with Gasteiger partial charge in [-0.1, -0.05) is 44.2 Å². The molecule has 1 saturated heterocycles. The third-order valence-corrected chi connectivity index (χ3v) is 6.34. The Hall–Kier alpha value is -2.55. The van der Waals surface area contributed by atoms with Crippen molar-refractivity contribution in [3.8, 4) is 0 Å². The van der Waals surface area contributed by atoms with Crippen LogP contribution in [0.3, 0.4) is 0 Å². The summed E-state index contributed by atoms with van der Waals surface area (Å²) in [5.74, 6) is -1.63. The number of benzene rings is 1. The maximum Gasteiger partial charge on any atom is 0.328 e. The van der Waals surface area contributed by atoms with Crippen molar-refractivity contribution in [3.63, 3.8) is 0 Å². The van der Waals surface area contributed by atoms with Crippen LogP contribution in [-0.4, -0.2) is 92.8 Å². The molecule has 1 aromatic carbocycles. The number of morpholine rings is 1. The van der Waals surface area contributed by atoms with E-state index in [1.54, 1.807) is 0 Å². The van der Waals surface area contributed by atoms with E-state index in [1.807, 2.05) is 49.1 Å². The number of esters is 1. The van der Waals surface area contributed by atoms with Crippen LogP contribution in [0.2, 0.25) is 0 Å². The lowest BCUT2D eigenvalue weighted by atomic mass is 10.0. The number of amides is 3. The summed E-state index contributed by atoms with van der Waals surface area (Å²) in [5, 5.41) is 8.37. The normalized spacial score (nSPS) is 16.4. The molecule has 1 aromatic rings. The minimum absolute atomic E-state index is 0.0952. The number of methoxy groups -OCH3 is 1. The molecule has 2 rings (SSSR count). The second-order valence-corrected chi connectivity index (χ2v) is 10.1. The molecule has 0 spiro atoms. The Labute approximate surface area is 221 Å². The standard InChI is InChI=1S/C26H41N4O6P/c1-18(2)15-21(25(33)29-22(26(34)35-3)16-19-7-5-4-6-8-19)28-24(32)20(9-14-37)27-23(31)17-30-10-12-36-13-11-30/h4-8,18,20-22H,9-17,37H2,1-3H3,(H,27,31)(H,28,32)(H,29,33)/t20-,21-,22-/m0/s1. The number of hydrogen-bond donors (Lipinski definition) is 3. The number of nitrogens with zero attached hydrogens (tertiary/aromatic N) is 1. The van der Waals surface area contributed by atoms with Gasteiger partial charge >= 0.3 is 5.97 Å². The van der Waals surface area contributed by atoms with Crippen molar-refractivity contribution in [2.24, 2.45) is 5.92 Å². The Morgan fingerprint density at radius 1 is 0.973 bits per heavy atom. The molecule has 3 amide bonds. The van der Waals surface area contributed by atoms with E-state index in [0.29, 0.717) is 45.3 Å². The van der Waals surface area contributed by atoms with Crippen molar-refractivity contribution >= 4 is 32.9 Å². The van der Waals surface area contributed by atoms with E-state index in [1.165, 1.54) is 7.11 Å². The molecule has 37 heavy (non-hydrogen) atoms. The van der Waals surface area contributed by atoms with Gasteiger partial charge < -0.3 is 25.4 Å². The molecular formula is C26H41N4O6P. The highest BCUT2D eigenvalue weighted by atomic mass is 31.0. The summed E-state index contributed by atoms with van der Waals surface area (Å²) < 4.78 is 10.2. The molecule has 0 saturated carbocycles. The Bertz CT molecular complexity index is 879. The van der Waals surface area contributed by atoms with Gasteiger partial charge in [-0.2, -0.15) is 0 Å². The van der Waals surface area contributed by atoms with Crippen molar-refractivity contribution in [3.05, 3.63) is 35.9 Å². The van der Waals surface area contributed by atoms with Crippen LogP contribution in [0.4, 0.5) is 0 Å². The average molecular weight is 537 g/mol. The zero-order valence-corrected chi connectivity index (χ0v) is 23.2. The molecule has 4 atom stereocenters. The van der Waals surface area contributed by atoms with Crippen molar-refractivity contribution in [1.29, 1.82) is 0 Å². The van der Waals surface area contributed by atoms with Gasteiger partial charge in [0.05, 0.1) is 26.9 Å². The monoisotopic (exact) mass is 536 g/mol. The predicted octanol–water partition coefficient (Wildman–Crippen LogP) is 0.500. The van der Waals surface area contributed by atoms with Gasteiger partial charge in [-0.05, 0) is 30.5 Å². The maximum absolute atomic E-state index is 13.3. The first-order valence-corrected chi connectivity index (χ1v) is 13.6. The highest BCUT2D eigenvalue weighted by Gasteiger charge is 2.30. The fourth-order valence-corrected chi connectivity index (χ4v) is 4.40. The number of carbonyl (C=O) groups excluding carboxylic acids is 4. The van der Waals surface area contributed by atoms with E-state index in [4.69, 9.17) is 9.47 Å². The van der Waals surface area contributed by atoms with Crippen molar-refractivity contribution in [2.45, 2.75) is 51.2 Å². The lowest BCUT2D eigenvalue weighted by molar-refractivity contribution is -0.145. The Balaban J connectivity index is 2.06. The Kier molecular flexibility index (Phi) is 13.5. The molecule has 0 aromatic heterocycles. The van der Waals surface area contributed by atoms with E-state index in [-0.39, 0.29) is 24.8 Å².